The molecule has 0 amide bonds. The van der Waals surface area contributed by atoms with Gasteiger partial charge in [-0.25, -0.2) is 16.8 Å². The number of hydrogen-bond acceptors (Lipinski definition) is 4. The monoisotopic (exact) mass is 325 g/mol. The summed E-state index contributed by atoms with van der Waals surface area (Å²) in [4.78, 5) is -0.138. The molecular weight excluding hydrogens is 310 g/mol. The van der Waals surface area contributed by atoms with Crippen LogP contribution >= 0.6 is 0 Å². The van der Waals surface area contributed by atoms with Gasteiger partial charge in [-0.2, -0.15) is 0 Å². The summed E-state index contributed by atoms with van der Waals surface area (Å²) in [5.41, 5.74) is 1.22. The lowest BCUT2D eigenvalue weighted by molar-refractivity contribution is 0.576. The molecule has 2 aromatic carbocycles. The summed E-state index contributed by atoms with van der Waals surface area (Å²) in [5, 5.41) is 0. The summed E-state index contributed by atoms with van der Waals surface area (Å²) >= 11 is 0. The van der Waals surface area contributed by atoms with Crippen molar-refractivity contribution in [1.82, 2.24) is 4.13 Å². The molecule has 0 heterocycles. The maximum Gasteiger partial charge on any atom is 0.254 e. The summed E-state index contributed by atoms with van der Waals surface area (Å²) in [6, 6.07) is 12.2. The fourth-order valence-corrected chi connectivity index (χ4v) is 5.08. The molecule has 1 N–H and O–H groups in total. The molecule has 0 bridgehead atoms. The minimum absolute atomic E-state index is 0.0398. The van der Waals surface area contributed by atoms with Crippen LogP contribution in [0.25, 0.3) is 0 Å². The lowest BCUT2D eigenvalue weighted by atomic mass is 10.2. The Kier molecular flexibility index (Phi) is 4.18. The van der Waals surface area contributed by atoms with Crippen molar-refractivity contribution in [1.29, 1.82) is 0 Å². The number of hydrogen-bond donors (Lipinski definition) is 1. The highest BCUT2D eigenvalue weighted by molar-refractivity contribution is 8.04. The van der Waals surface area contributed by atoms with Crippen LogP contribution in [0, 0.1) is 13.8 Å². The maximum atomic E-state index is 12.3. The first kappa shape index (κ1) is 15.7. The molecule has 2 aromatic rings. The van der Waals surface area contributed by atoms with Crippen molar-refractivity contribution in [3.05, 3.63) is 59.7 Å². The largest absolute Gasteiger partial charge is 0.254 e. The van der Waals surface area contributed by atoms with E-state index in [1.54, 1.807) is 36.2 Å². The molecule has 0 aliphatic carbocycles. The van der Waals surface area contributed by atoms with Gasteiger partial charge in [0.25, 0.3) is 20.0 Å². The highest BCUT2D eigenvalue weighted by atomic mass is 32.3. The third-order valence-corrected chi connectivity index (χ3v) is 6.57. The second kappa shape index (κ2) is 5.59. The van der Waals surface area contributed by atoms with Gasteiger partial charge in [0.2, 0.25) is 0 Å². The van der Waals surface area contributed by atoms with Crippen molar-refractivity contribution in [2.75, 3.05) is 0 Å². The average molecular weight is 325 g/mol. The van der Waals surface area contributed by atoms with Crippen LogP contribution in [0.4, 0.5) is 0 Å². The highest BCUT2D eigenvalue weighted by Crippen LogP contribution is 2.18. The van der Waals surface area contributed by atoms with Crippen molar-refractivity contribution in [3.8, 4) is 0 Å². The summed E-state index contributed by atoms with van der Waals surface area (Å²) in [6.07, 6.45) is 0. The van der Waals surface area contributed by atoms with Crippen molar-refractivity contribution in [2.45, 2.75) is 23.6 Å². The Hall–Kier alpha value is -1.70. The summed E-state index contributed by atoms with van der Waals surface area (Å²) in [6.45, 7) is 3.35. The van der Waals surface area contributed by atoms with Crippen LogP contribution in [0.1, 0.15) is 11.1 Å². The van der Waals surface area contributed by atoms with Gasteiger partial charge in [0.15, 0.2) is 0 Å². The summed E-state index contributed by atoms with van der Waals surface area (Å²) in [7, 11) is -8.29. The third kappa shape index (κ3) is 3.49. The van der Waals surface area contributed by atoms with E-state index in [2.05, 4.69) is 0 Å². The molecule has 5 nitrogen and oxygen atoms in total. The predicted molar refractivity (Wildman–Crippen MR) is 79.9 cm³/mol. The third-order valence-electron chi connectivity index (χ3n) is 2.91. The van der Waals surface area contributed by atoms with Crippen LogP contribution in [0.2, 0.25) is 0 Å². The van der Waals surface area contributed by atoms with Crippen molar-refractivity contribution in [2.24, 2.45) is 0 Å². The first-order valence-electron chi connectivity index (χ1n) is 6.13. The van der Waals surface area contributed by atoms with Crippen LogP contribution in [-0.4, -0.2) is 16.8 Å². The topological polar surface area (TPSA) is 80.3 Å². The first-order chi connectivity index (χ1) is 9.72. The molecule has 0 atom stereocenters. The second-order valence-corrected chi connectivity index (χ2v) is 8.26. The zero-order valence-corrected chi connectivity index (χ0v) is 13.2. The Morgan fingerprint density at radius 3 is 2.05 bits per heavy atom. The molecule has 112 valence electrons. The SMILES string of the molecule is Cc1ccc(C)c(S(=O)(=O)NS(=O)(=O)c2ccccc2)c1. The summed E-state index contributed by atoms with van der Waals surface area (Å²) < 4.78 is 50.6. The molecule has 7 heteroatoms. The smallest absolute Gasteiger partial charge is 0.206 e. The number of aryl methyl sites for hydroxylation is 2. The van der Waals surface area contributed by atoms with E-state index in [4.69, 9.17) is 0 Å². The van der Waals surface area contributed by atoms with Crippen LogP contribution in [0.5, 0.6) is 0 Å². The van der Waals surface area contributed by atoms with Crippen molar-refractivity contribution in [3.63, 3.8) is 0 Å². The van der Waals surface area contributed by atoms with E-state index in [0.717, 1.165) is 5.56 Å². The van der Waals surface area contributed by atoms with Gasteiger partial charge in [-0.15, -0.1) is 4.13 Å². The lowest BCUT2D eigenvalue weighted by Gasteiger charge is -2.10. The Balaban J connectivity index is 2.45. The number of rotatable bonds is 4. The quantitative estimate of drug-likeness (QED) is 0.932. The van der Waals surface area contributed by atoms with Gasteiger partial charge in [0, 0.05) is 0 Å². The molecule has 2 rings (SSSR count). The number of nitrogens with one attached hydrogen (secondary N) is 1. The first-order valence-corrected chi connectivity index (χ1v) is 9.10. The minimum Gasteiger partial charge on any atom is -0.206 e. The van der Waals surface area contributed by atoms with Crippen molar-refractivity contribution < 1.29 is 16.8 Å². The van der Waals surface area contributed by atoms with Crippen LogP contribution in [-0.2, 0) is 20.0 Å². The van der Waals surface area contributed by atoms with Gasteiger partial charge in [-0.05, 0) is 43.2 Å². The molecule has 21 heavy (non-hydrogen) atoms. The van der Waals surface area contributed by atoms with E-state index < -0.39 is 20.0 Å². The van der Waals surface area contributed by atoms with Crippen molar-refractivity contribution >= 4 is 20.0 Å². The average Bonchev–Trinajstić information content (AvgIpc) is 2.41. The van der Waals surface area contributed by atoms with Crippen LogP contribution < -0.4 is 4.13 Å². The van der Waals surface area contributed by atoms with Crippen LogP contribution in [0.3, 0.4) is 0 Å². The molecule has 0 aromatic heterocycles. The fraction of sp³-hybridized carbons (Fsp3) is 0.143. The number of sulfonamides is 2. The van der Waals surface area contributed by atoms with Gasteiger partial charge in [-0.3, -0.25) is 0 Å². The van der Waals surface area contributed by atoms with E-state index in [9.17, 15) is 16.8 Å². The van der Waals surface area contributed by atoms with E-state index in [1.165, 1.54) is 30.3 Å². The molecule has 0 radical (unpaired) electrons. The normalized spacial score (nSPS) is 12.3. The minimum atomic E-state index is -4.16. The molecule has 0 aliphatic heterocycles. The number of benzene rings is 2. The molecular formula is C14H15NO4S2. The molecule has 0 fully saturated rings. The highest BCUT2D eigenvalue weighted by Gasteiger charge is 2.25. The Morgan fingerprint density at radius 2 is 1.43 bits per heavy atom. The van der Waals surface area contributed by atoms with E-state index in [-0.39, 0.29) is 9.79 Å². The van der Waals surface area contributed by atoms with Gasteiger partial charge in [0.1, 0.15) is 0 Å². The van der Waals surface area contributed by atoms with Gasteiger partial charge in [0.05, 0.1) is 9.79 Å². The molecule has 0 saturated heterocycles. The Labute approximate surface area is 124 Å². The molecule has 0 saturated carbocycles. The Bertz CT molecular complexity index is 857. The second-order valence-electron chi connectivity index (χ2n) is 4.67. The predicted octanol–water partition coefficient (Wildman–Crippen LogP) is 1.97. The van der Waals surface area contributed by atoms with Gasteiger partial charge in [-0.1, -0.05) is 30.3 Å². The zero-order valence-electron chi connectivity index (χ0n) is 11.6. The molecule has 0 unspecified atom stereocenters. The molecule has 0 spiro atoms. The van der Waals surface area contributed by atoms with E-state index in [1.807, 2.05) is 0 Å². The zero-order chi connectivity index (χ0) is 15.7. The van der Waals surface area contributed by atoms with E-state index in [0.29, 0.717) is 5.56 Å². The lowest BCUT2D eigenvalue weighted by Crippen LogP contribution is -2.31. The van der Waals surface area contributed by atoms with Gasteiger partial charge >= 0.3 is 0 Å². The standard InChI is InChI=1S/C14H15NO4S2/c1-11-8-9-12(2)14(10-11)21(18,19)15-20(16,17)13-6-4-3-5-7-13/h3-10,15H,1-2H3. The van der Waals surface area contributed by atoms with Gasteiger partial charge < -0.3 is 0 Å². The summed E-state index contributed by atoms with van der Waals surface area (Å²) in [5.74, 6) is 0. The Morgan fingerprint density at radius 1 is 0.810 bits per heavy atom. The molecule has 0 aliphatic rings. The maximum absolute atomic E-state index is 12.3. The fourth-order valence-electron chi connectivity index (χ4n) is 1.83. The van der Waals surface area contributed by atoms with E-state index >= 15 is 0 Å². The van der Waals surface area contributed by atoms with Crippen LogP contribution in [0.15, 0.2) is 58.3 Å².